The van der Waals surface area contributed by atoms with Gasteiger partial charge in [-0.15, -0.1) is 16.8 Å². The second-order valence-corrected chi connectivity index (χ2v) is 8.46. The molecule has 3 aromatic rings. The van der Waals surface area contributed by atoms with Crippen molar-refractivity contribution < 1.29 is 14.5 Å². The van der Waals surface area contributed by atoms with Crippen LogP contribution in [-0.2, 0) is 17.9 Å². The summed E-state index contributed by atoms with van der Waals surface area (Å²) in [6.45, 7) is 6.16. The fourth-order valence-electron chi connectivity index (χ4n) is 2.96. The average Bonchev–Trinajstić information content (AvgIpc) is 3.19. The number of hydrogen-bond donors (Lipinski definition) is 2. The van der Waals surface area contributed by atoms with Crippen molar-refractivity contribution in [3.8, 4) is 0 Å². The van der Waals surface area contributed by atoms with E-state index in [9.17, 15) is 19.7 Å². The molecule has 1 aromatic heterocycles. The molecule has 0 aliphatic rings. The fourth-order valence-corrected chi connectivity index (χ4v) is 3.89. The molecule has 10 nitrogen and oxygen atoms in total. The Bertz CT molecular complexity index is 1250. The number of allylic oxidation sites excluding steroid dienone is 1. The molecule has 0 aliphatic carbocycles. The summed E-state index contributed by atoms with van der Waals surface area (Å²) in [5.74, 6) is -0.191. The lowest BCUT2D eigenvalue weighted by Crippen LogP contribution is -2.25. The second kappa shape index (κ2) is 11.4. The molecule has 176 valence electrons. The van der Waals surface area contributed by atoms with E-state index in [1.165, 1.54) is 18.2 Å². The number of halogens is 1. The summed E-state index contributed by atoms with van der Waals surface area (Å²) in [7, 11) is 0. The summed E-state index contributed by atoms with van der Waals surface area (Å²) in [6.07, 6.45) is 1.66. The standard InChI is InChI=1S/C22H21ClN6O4S/c1-3-9-28-19(12-24-21(31)15-6-4-5-14(2)10-15)26-27-22(28)34-13-20(30)25-18-11-16(29(32)33)7-8-17(18)23/h3-8,10-11H,1,9,12-13H2,2H3,(H,24,31)(H,25,30). The van der Waals surface area contributed by atoms with E-state index < -0.39 is 10.8 Å². The average molecular weight is 501 g/mol. The summed E-state index contributed by atoms with van der Waals surface area (Å²) < 4.78 is 1.74. The Morgan fingerprint density at radius 2 is 2.06 bits per heavy atom. The van der Waals surface area contributed by atoms with E-state index in [0.717, 1.165) is 17.3 Å². The number of carbonyl (C=O) groups is 2. The molecule has 12 heteroatoms. The summed E-state index contributed by atoms with van der Waals surface area (Å²) in [6, 6.07) is 11.0. The number of benzene rings is 2. The third-order valence-corrected chi connectivity index (χ3v) is 5.86. The number of amides is 2. The number of aromatic nitrogens is 3. The van der Waals surface area contributed by atoms with E-state index in [0.29, 0.717) is 23.1 Å². The number of nitro benzene ring substituents is 1. The minimum absolute atomic E-state index is 0.0377. The van der Waals surface area contributed by atoms with Gasteiger partial charge in [0.05, 0.1) is 27.9 Å². The van der Waals surface area contributed by atoms with Crippen LogP contribution in [0.2, 0.25) is 5.02 Å². The van der Waals surface area contributed by atoms with Gasteiger partial charge in [0, 0.05) is 24.2 Å². The zero-order valence-corrected chi connectivity index (χ0v) is 19.7. The van der Waals surface area contributed by atoms with E-state index in [2.05, 4.69) is 27.4 Å². The SMILES string of the molecule is C=CCn1c(CNC(=O)c2cccc(C)c2)nnc1SCC(=O)Nc1cc([N+](=O)[O-])ccc1Cl. The van der Waals surface area contributed by atoms with E-state index in [-0.39, 0.29) is 34.6 Å². The summed E-state index contributed by atoms with van der Waals surface area (Å²) in [5.41, 5.74) is 1.48. The lowest BCUT2D eigenvalue weighted by molar-refractivity contribution is -0.384. The van der Waals surface area contributed by atoms with E-state index in [1.54, 1.807) is 22.8 Å². The maximum absolute atomic E-state index is 12.4. The van der Waals surface area contributed by atoms with Crippen molar-refractivity contribution in [1.29, 1.82) is 0 Å². The highest BCUT2D eigenvalue weighted by atomic mass is 35.5. The first-order valence-corrected chi connectivity index (χ1v) is 11.4. The minimum Gasteiger partial charge on any atom is -0.345 e. The zero-order valence-electron chi connectivity index (χ0n) is 18.2. The van der Waals surface area contributed by atoms with Gasteiger partial charge in [-0.3, -0.25) is 19.7 Å². The minimum atomic E-state index is -0.572. The molecule has 2 aromatic carbocycles. The Labute approximate surface area is 204 Å². The quantitative estimate of drug-likeness (QED) is 0.186. The number of nitrogens with zero attached hydrogens (tertiary/aromatic N) is 4. The van der Waals surface area contributed by atoms with Gasteiger partial charge in [-0.25, -0.2) is 0 Å². The van der Waals surface area contributed by atoms with Crippen LogP contribution in [-0.4, -0.2) is 37.3 Å². The number of anilines is 1. The molecule has 1 heterocycles. The van der Waals surface area contributed by atoms with Gasteiger partial charge >= 0.3 is 0 Å². The Morgan fingerprint density at radius 3 is 2.76 bits per heavy atom. The van der Waals surface area contributed by atoms with Gasteiger partial charge in [0.2, 0.25) is 5.91 Å². The zero-order chi connectivity index (χ0) is 24.7. The number of rotatable bonds is 10. The molecule has 2 N–H and O–H groups in total. The third kappa shape index (κ3) is 6.42. The summed E-state index contributed by atoms with van der Waals surface area (Å²) in [4.78, 5) is 35.2. The van der Waals surface area contributed by atoms with Gasteiger partial charge in [-0.2, -0.15) is 0 Å². The van der Waals surface area contributed by atoms with Crippen LogP contribution in [0.15, 0.2) is 60.3 Å². The van der Waals surface area contributed by atoms with Gasteiger partial charge in [-0.1, -0.05) is 47.1 Å². The lowest BCUT2D eigenvalue weighted by atomic mass is 10.1. The molecule has 34 heavy (non-hydrogen) atoms. The highest BCUT2D eigenvalue weighted by Gasteiger charge is 2.16. The molecule has 0 saturated heterocycles. The molecule has 0 bridgehead atoms. The number of thioether (sulfide) groups is 1. The molecular formula is C22H21ClN6O4S. The number of hydrogen-bond acceptors (Lipinski definition) is 7. The Balaban J connectivity index is 1.63. The first-order valence-electron chi connectivity index (χ1n) is 10.0. The van der Waals surface area contributed by atoms with Crippen molar-refractivity contribution in [2.75, 3.05) is 11.1 Å². The van der Waals surface area contributed by atoms with E-state index in [1.807, 2.05) is 19.1 Å². The maximum Gasteiger partial charge on any atom is 0.271 e. The Kier molecular flexibility index (Phi) is 8.39. The molecule has 0 aliphatic heterocycles. The van der Waals surface area contributed by atoms with Gasteiger partial charge in [0.25, 0.3) is 11.6 Å². The largest absolute Gasteiger partial charge is 0.345 e. The number of nitro groups is 1. The fraction of sp³-hybridized carbons (Fsp3) is 0.182. The lowest BCUT2D eigenvalue weighted by Gasteiger charge is -2.10. The number of non-ortho nitro benzene ring substituents is 1. The summed E-state index contributed by atoms with van der Waals surface area (Å²) in [5, 5.41) is 25.2. The van der Waals surface area contributed by atoms with Gasteiger partial charge in [0.1, 0.15) is 0 Å². The van der Waals surface area contributed by atoms with Crippen LogP contribution in [0, 0.1) is 17.0 Å². The Morgan fingerprint density at radius 1 is 1.26 bits per heavy atom. The first-order chi connectivity index (χ1) is 16.3. The molecular weight excluding hydrogens is 480 g/mol. The normalized spacial score (nSPS) is 10.5. The molecule has 0 radical (unpaired) electrons. The topological polar surface area (TPSA) is 132 Å². The van der Waals surface area contributed by atoms with Crippen LogP contribution >= 0.6 is 23.4 Å². The van der Waals surface area contributed by atoms with Gasteiger partial charge in [-0.05, 0) is 25.1 Å². The van der Waals surface area contributed by atoms with Crippen LogP contribution in [0.1, 0.15) is 21.7 Å². The van der Waals surface area contributed by atoms with Crippen molar-refractivity contribution in [1.82, 2.24) is 20.1 Å². The van der Waals surface area contributed by atoms with Crippen LogP contribution in [0.5, 0.6) is 0 Å². The predicted octanol–water partition coefficient (Wildman–Crippen LogP) is 3.99. The number of aryl methyl sites for hydroxylation is 1. The molecule has 0 fully saturated rings. The second-order valence-electron chi connectivity index (χ2n) is 7.11. The highest BCUT2D eigenvalue weighted by Crippen LogP contribution is 2.27. The van der Waals surface area contributed by atoms with Crippen molar-refractivity contribution in [3.05, 3.63) is 87.2 Å². The third-order valence-electron chi connectivity index (χ3n) is 4.56. The van der Waals surface area contributed by atoms with Crippen LogP contribution < -0.4 is 10.6 Å². The van der Waals surface area contributed by atoms with Crippen molar-refractivity contribution >= 4 is 46.6 Å². The maximum atomic E-state index is 12.4. The van der Waals surface area contributed by atoms with Crippen molar-refractivity contribution in [3.63, 3.8) is 0 Å². The molecule has 3 rings (SSSR count). The van der Waals surface area contributed by atoms with Gasteiger partial charge in [0.15, 0.2) is 11.0 Å². The van der Waals surface area contributed by atoms with E-state index >= 15 is 0 Å². The Hall–Kier alpha value is -3.70. The van der Waals surface area contributed by atoms with Crippen molar-refractivity contribution in [2.24, 2.45) is 0 Å². The van der Waals surface area contributed by atoms with Gasteiger partial charge < -0.3 is 15.2 Å². The smallest absolute Gasteiger partial charge is 0.271 e. The monoisotopic (exact) mass is 500 g/mol. The van der Waals surface area contributed by atoms with E-state index in [4.69, 9.17) is 11.6 Å². The number of carbonyl (C=O) groups excluding carboxylic acids is 2. The van der Waals surface area contributed by atoms with Crippen LogP contribution in [0.3, 0.4) is 0 Å². The molecule has 0 atom stereocenters. The molecule has 0 unspecified atom stereocenters. The molecule has 0 saturated carbocycles. The molecule has 2 amide bonds. The molecule has 0 spiro atoms. The summed E-state index contributed by atoms with van der Waals surface area (Å²) >= 11 is 7.15. The van der Waals surface area contributed by atoms with Crippen LogP contribution in [0.25, 0.3) is 0 Å². The van der Waals surface area contributed by atoms with Crippen LogP contribution in [0.4, 0.5) is 11.4 Å². The predicted molar refractivity (Wildman–Crippen MR) is 130 cm³/mol. The first kappa shape index (κ1) is 24.9. The highest BCUT2D eigenvalue weighted by molar-refractivity contribution is 7.99. The number of nitrogens with one attached hydrogen (secondary N) is 2. The van der Waals surface area contributed by atoms with Crippen molar-refractivity contribution in [2.45, 2.75) is 25.2 Å².